The largest absolute Gasteiger partial charge is 0.333 e. The van der Waals surface area contributed by atoms with E-state index >= 15 is 0 Å². The summed E-state index contributed by atoms with van der Waals surface area (Å²) in [7, 11) is 0. The molecule has 14 aromatic rings. The Hall–Kier alpha value is -9.32. The van der Waals surface area contributed by atoms with E-state index in [1.807, 2.05) is 0 Å². The lowest BCUT2D eigenvalue weighted by Gasteiger charge is -2.28. The van der Waals surface area contributed by atoms with E-state index in [1.165, 1.54) is 93.1 Å². The van der Waals surface area contributed by atoms with Gasteiger partial charge in [0.1, 0.15) is 0 Å². The lowest BCUT2D eigenvalue weighted by molar-refractivity contribution is 0.745. The number of nitrogens with zero attached hydrogens (tertiary/aromatic N) is 5. The van der Waals surface area contributed by atoms with Gasteiger partial charge in [-0.15, -0.1) is 0 Å². The molecule has 2 unspecified atom stereocenters. The monoisotopic (exact) mass is 905 g/mol. The first-order valence-electron chi connectivity index (χ1n) is 24.7. The second kappa shape index (κ2) is 14.6. The van der Waals surface area contributed by atoms with Gasteiger partial charge in [-0.2, -0.15) is 0 Å². The van der Waals surface area contributed by atoms with Gasteiger partial charge in [0.05, 0.1) is 55.9 Å². The number of para-hydroxylation sites is 7. The lowest BCUT2D eigenvalue weighted by atomic mass is 9.91. The Morgan fingerprint density at radius 3 is 1.27 bits per heavy atom. The fourth-order valence-electron chi connectivity index (χ4n) is 12.7. The van der Waals surface area contributed by atoms with Crippen molar-refractivity contribution in [3.05, 3.63) is 254 Å². The van der Waals surface area contributed by atoms with E-state index in [4.69, 9.17) is 0 Å². The fraction of sp³-hybridized carbons (Fsp3) is 0.0303. The van der Waals surface area contributed by atoms with Gasteiger partial charge in [0, 0.05) is 77.4 Å². The van der Waals surface area contributed by atoms with Gasteiger partial charge in [0.25, 0.3) is 0 Å². The quantitative estimate of drug-likeness (QED) is 0.169. The van der Waals surface area contributed by atoms with Gasteiger partial charge in [-0.05, 0) is 103 Å². The van der Waals surface area contributed by atoms with Gasteiger partial charge < -0.3 is 23.2 Å². The Balaban J connectivity index is 0.947. The van der Waals surface area contributed by atoms with Crippen LogP contribution in [-0.4, -0.2) is 24.3 Å². The van der Waals surface area contributed by atoms with E-state index in [1.54, 1.807) is 0 Å². The Morgan fingerprint density at radius 2 is 0.704 bits per heavy atom. The van der Waals surface area contributed by atoms with E-state index in [9.17, 15) is 0 Å². The normalized spacial score (nSPS) is 15.5. The SMILES string of the molecule is C1=CC2c3cc4c(cc3N(c3ccccc3)C2C=C1)c1ccccc1n4-c1ccc(-n2c3ccccc3c3cc(-n4c5ccccc5c5ccccc54)cc(-n4c5ccccc5c5ccccc54)c32)cc1. The van der Waals surface area contributed by atoms with Gasteiger partial charge >= 0.3 is 0 Å². The Kier molecular flexibility index (Phi) is 7.94. The molecule has 0 radical (unpaired) electrons. The maximum Gasteiger partial charge on any atom is 0.0784 e. The minimum absolute atomic E-state index is 0.222. The van der Waals surface area contributed by atoms with Crippen LogP contribution in [0.25, 0.3) is 110 Å². The average molecular weight is 906 g/mol. The third kappa shape index (κ3) is 5.35. The molecule has 0 saturated carbocycles. The molecular formula is C66H43N5. The first-order chi connectivity index (χ1) is 35.3. The Labute approximate surface area is 408 Å². The zero-order valence-corrected chi connectivity index (χ0v) is 38.6. The van der Waals surface area contributed by atoms with Gasteiger partial charge in [0.15, 0.2) is 0 Å². The van der Waals surface area contributed by atoms with E-state index in [0.717, 1.165) is 33.8 Å². The summed E-state index contributed by atoms with van der Waals surface area (Å²) in [6.45, 7) is 0. The molecule has 5 heteroatoms. The second-order valence-corrected chi connectivity index (χ2v) is 19.2. The van der Waals surface area contributed by atoms with Crippen molar-refractivity contribution in [1.29, 1.82) is 0 Å². The van der Waals surface area contributed by atoms with Gasteiger partial charge in [0.2, 0.25) is 0 Å². The number of anilines is 2. The molecule has 5 nitrogen and oxygen atoms in total. The lowest BCUT2D eigenvalue weighted by Crippen LogP contribution is -2.28. The average Bonchev–Trinajstić information content (AvgIpc) is 4.22. The molecule has 0 bridgehead atoms. The number of fused-ring (bicyclic) bond motifs is 15. The van der Waals surface area contributed by atoms with E-state index in [0.29, 0.717) is 0 Å². The van der Waals surface area contributed by atoms with Crippen LogP contribution in [0.3, 0.4) is 0 Å². The molecule has 0 N–H and O–H groups in total. The van der Waals surface area contributed by atoms with E-state index in [2.05, 4.69) is 272 Å². The predicted octanol–water partition coefficient (Wildman–Crippen LogP) is 16.8. The van der Waals surface area contributed by atoms with Crippen molar-refractivity contribution in [1.82, 2.24) is 18.3 Å². The number of hydrogen-bond acceptors (Lipinski definition) is 1. The first-order valence-corrected chi connectivity index (χ1v) is 24.7. The highest BCUT2D eigenvalue weighted by atomic mass is 15.2. The summed E-state index contributed by atoms with van der Waals surface area (Å²) >= 11 is 0. The Morgan fingerprint density at radius 1 is 0.268 bits per heavy atom. The molecule has 16 rings (SSSR count). The number of benzene rings is 10. The molecular weight excluding hydrogens is 863 g/mol. The highest BCUT2D eigenvalue weighted by molar-refractivity contribution is 6.17. The summed E-state index contributed by atoms with van der Waals surface area (Å²) in [5, 5.41) is 9.89. The molecule has 1 aliphatic carbocycles. The summed E-state index contributed by atoms with van der Waals surface area (Å²) < 4.78 is 9.95. The molecule has 1 aliphatic heterocycles. The van der Waals surface area contributed by atoms with Crippen molar-refractivity contribution >= 4 is 98.6 Å². The minimum Gasteiger partial charge on any atom is -0.333 e. The van der Waals surface area contributed by atoms with Crippen molar-refractivity contribution in [2.45, 2.75) is 12.0 Å². The highest BCUT2D eigenvalue weighted by Crippen LogP contribution is 2.51. The van der Waals surface area contributed by atoms with Gasteiger partial charge in [-0.1, -0.05) is 152 Å². The van der Waals surface area contributed by atoms with Crippen LogP contribution < -0.4 is 4.90 Å². The van der Waals surface area contributed by atoms with Crippen LogP contribution in [0.4, 0.5) is 11.4 Å². The molecule has 0 spiro atoms. The number of aromatic nitrogens is 4. The predicted molar refractivity (Wildman–Crippen MR) is 297 cm³/mol. The number of rotatable bonds is 5. The van der Waals surface area contributed by atoms with Crippen LogP contribution in [0.15, 0.2) is 249 Å². The molecule has 4 aromatic heterocycles. The van der Waals surface area contributed by atoms with Gasteiger partial charge in [-0.25, -0.2) is 0 Å². The zero-order valence-electron chi connectivity index (χ0n) is 38.6. The maximum absolute atomic E-state index is 2.53. The first kappa shape index (κ1) is 38.6. The summed E-state index contributed by atoms with van der Waals surface area (Å²) in [5.41, 5.74) is 17.8. The molecule has 0 saturated heterocycles. The topological polar surface area (TPSA) is 23.0 Å². The molecule has 2 aliphatic rings. The standard InChI is InChI=1S/C66H43N5/c1-2-18-42(19-3-1)67-58-29-13-8-24-50(58)53-41-64-54(40-63(53)67)51-25-9-14-30-59(51)68(64)43-34-36-44(37-35-43)70-60-31-15-10-26-52(60)55-38-45(69-56-27-11-4-20-46(56)47-21-5-12-28-57(47)69)39-65(66(55)70)71-61-32-16-6-22-48(61)49-23-7-17-33-62(49)71/h1-41,50,58H. The molecule has 0 fully saturated rings. The van der Waals surface area contributed by atoms with Crippen LogP contribution in [0.1, 0.15) is 11.5 Å². The molecule has 10 aromatic carbocycles. The summed E-state index contributed by atoms with van der Waals surface area (Å²) in [4.78, 5) is 2.53. The van der Waals surface area contributed by atoms with Crippen molar-refractivity contribution in [2.75, 3.05) is 4.90 Å². The number of allylic oxidation sites excluding steroid dienone is 2. The van der Waals surface area contributed by atoms with Crippen LogP contribution in [0, 0.1) is 0 Å². The summed E-state index contributed by atoms with van der Waals surface area (Å²) in [6, 6.07) is 83.4. The highest BCUT2D eigenvalue weighted by Gasteiger charge is 2.38. The number of hydrogen-bond donors (Lipinski definition) is 0. The Bertz CT molecular complexity index is 4490. The maximum atomic E-state index is 2.53. The third-order valence-electron chi connectivity index (χ3n) is 15.6. The molecule has 5 heterocycles. The van der Waals surface area contributed by atoms with E-state index in [-0.39, 0.29) is 12.0 Å². The fourth-order valence-corrected chi connectivity index (χ4v) is 12.7. The van der Waals surface area contributed by atoms with E-state index < -0.39 is 0 Å². The van der Waals surface area contributed by atoms with Crippen LogP contribution in [0.5, 0.6) is 0 Å². The third-order valence-corrected chi connectivity index (χ3v) is 15.6. The van der Waals surface area contributed by atoms with Crippen molar-refractivity contribution in [3.8, 4) is 22.7 Å². The smallest absolute Gasteiger partial charge is 0.0784 e. The van der Waals surface area contributed by atoms with Crippen LogP contribution in [0.2, 0.25) is 0 Å². The molecule has 332 valence electrons. The molecule has 2 atom stereocenters. The van der Waals surface area contributed by atoms with Crippen molar-refractivity contribution in [3.63, 3.8) is 0 Å². The van der Waals surface area contributed by atoms with Crippen LogP contribution >= 0.6 is 0 Å². The summed E-state index contributed by atoms with van der Waals surface area (Å²) in [5.74, 6) is 0.253. The van der Waals surface area contributed by atoms with Gasteiger partial charge in [-0.3, -0.25) is 0 Å². The zero-order chi connectivity index (χ0) is 46.3. The minimum atomic E-state index is 0.222. The molecule has 71 heavy (non-hydrogen) atoms. The van der Waals surface area contributed by atoms with Crippen LogP contribution in [-0.2, 0) is 0 Å². The summed E-state index contributed by atoms with van der Waals surface area (Å²) in [6.07, 6.45) is 9.16. The van der Waals surface area contributed by atoms with Crippen molar-refractivity contribution in [2.24, 2.45) is 0 Å². The van der Waals surface area contributed by atoms with Crippen molar-refractivity contribution < 1.29 is 0 Å². The second-order valence-electron chi connectivity index (χ2n) is 19.2. The molecule has 0 amide bonds.